The minimum atomic E-state index is -0.686. The minimum Gasteiger partial charge on any atom is -0.481 e. The minimum absolute atomic E-state index is 0. The summed E-state index contributed by atoms with van der Waals surface area (Å²) in [6.45, 7) is 6.42. The number of hydrogen-bond acceptors (Lipinski definition) is 1. The Morgan fingerprint density at radius 3 is 2.59 bits per heavy atom. The first-order chi connectivity index (χ1) is 7.50. The van der Waals surface area contributed by atoms with Gasteiger partial charge >= 0.3 is 5.97 Å². The van der Waals surface area contributed by atoms with E-state index in [0.29, 0.717) is 0 Å². The summed E-state index contributed by atoms with van der Waals surface area (Å²) in [7, 11) is 0. The molecule has 2 nitrogen and oxygen atoms in total. The fourth-order valence-corrected chi connectivity index (χ4v) is 2.76. The van der Waals surface area contributed by atoms with Crippen LogP contribution in [0.2, 0.25) is 0 Å². The van der Waals surface area contributed by atoms with Crippen LogP contribution in [0.5, 0.6) is 0 Å². The van der Waals surface area contributed by atoms with Crippen LogP contribution in [-0.2, 0) is 43.9 Å². The van der Waals surface area contributed by atoms with Gasteiger partial charge in [0, 0.05) is 32.7 Å². The molecule has 1 aromatic rings. The quantitative estimate of drug-likeness (QED) is 0.911. The predicted octanol–water partition coefficient (Wildman–Crippen LogP) is 3.11. The second kappa shape index (κ2) is 5.62. The summed E-state index contributed by atoms with van der Waals surface area (Å²) in [6.07, 6.45) is 2.31. The predicted molar refractivity (Wildman–Crippen MR) is 64.0 cm³/mol. The summed E-state index contributed by atoms with van der Waals surface area (Å²) >= 11 is 0. The maximum atomic E-state index is 10.8. The third kappa shape index (κ3) is 2.79. The fraction of sp³-hybridized carbons (Fsp3) is 0.500. The van der Waals surface area contributed by atoms with Crippen molar-refractivity contribution in [2.45, 2.75) is 46.0 Å². The molecule has 0 aliphatic heterocycles. The van der Waals surface area contributed by atoms with Crippen LogP contribution < -0.4 is 0 Å². The molecule has 0 saturated carbocycles. The zero-order chi connectivity index (χ0) is 11.9. The van der Waals surface area contributed by atoms with Crippen molar-refractivity contribution in [2.75, 3.05) is 0 Å². The van der Waals surface area contributed by atoms with Gasteiger partial charge in [0.25, 0.3) is 0 Å². The standard InChI is InChI=1S/C14H18O2.Y/c1-8-6-13-11(7-14(15)16)4-5-12(13)10(3)9(8)2;/h6,11H,4-5,7H2,1-3H3,(H,15,16);/t11-;/m1./s1. The van der Waals surface area contributed by atoms with Gasteiger partial charge in [0.2, 0.25) is 0 Å². The van der Waals surface area contributed by atoms with E-state index in [0.717, 1.165) is 12.8 Å². The largest absolute Gasteiger partial charge is 0.481 e. The van der Waals surface area contributed by atoms with Crippen LogP contribution in [0.4, 0.5) is 0 Å². The van der Waals surface area contributed by atoms with Crippen molar-refractivity contribution in [3.05, 3.63) is 33.9 Å². The molecule has 0 aromatic heterocycles. The number of benzene rings is 1. The number of fused-ring (bicyclic) bond motifs is 1. The third-order valence-electron chi connectivity index (χ3n) is 3.93. The number of aliphatic carboxylic acids is 1. The van der Waals surface area contributed by atoms with Gasteiger partial charge in [-0.05, 0) is 67.3 Å². The molecule has 0 unspecified atom stereocenters. The maximum Gasteiger partial charge on any atom is 0.303 e. The van der Waals surface area contributed by atoms with Gasteiger partial charge in [-0.2, -0.15) is 0 Å². The Bertz CT molecular complexity index is 452. The van der Waals surface area contributed by atoms with E-state index in [1.54, 1.807) is 0 Å². The van der Waals surface area contributed by atoms with E-state index in [1.807, 2.05) is 0 Å². The van der Waals surface area contributed by atoms with Crippen molar-refractivity contribution in [1.29, 1.82) is 0 Å². The van der Waals surface area contributed by atoms with E-state index in [9.17, 15) is 4.79 Å². The normalized spacial score (nSPS) is 17.5. The van der Waals surface area contributed by atoms with E-state index in [4.69, 9.17) is 5.11 Å². The number of rotatable bonds is 2. The van der Waals surface area contributed by atoms with Crippen LogP contribution in [0.1, 0.15) is 46.6 Å². The molecule has 89 valence electrons. The molecule has 1 N–H and O–H groups in total. The Kier molecular flexibility index (Phi) is 4.91. The number of carbonyl (C=O) groups is 1. The smallest absolute Gasteiger partial charge is 0.303 e. The number of aryl methyl sites for hydroxylation is 1. The van der Waals surface area contributed by atoms with Crippen molar-refractivity contribution in [1.82, 2.24) is 0 Å². The van der Waals surface area contributed by atoms with E-state index < -0.39 is 5.97 Å². The van der Waals surface area contributed by atoms with Gasteiger partial charge in [0.15, 0.2) is 0 Å². The molecule has 17 heavy (non-hydrogen) atoms. The van der Waals surface area contributed by atoms with E-state index in [1.165, 1.54) is 27.8 Å². The molecule has 3 heteroatoms. The average Bonchev–Trinajstić information content (AvgIpc) is 2.58. The van der Waals surface area contributed by atoms with E-state index >= 15 is 0 Å². The van der Waals surface area contributed by atoms with Crippen LogP contribution in [0, 0.1) is 20.8 Å². The number of carboxylic acids is 1. The van der Waals surface area contributed by atoms with Crippen LogP contribution in [-0.4, -0.2) is 11.1 Å². The van der Waals surface area contributed by atoms with Crippen LogP contribution in [0.25, 0.3) is 0 Å². The summed E-state index contributed by atoms with van der Waals surface area (Å²) < 4.78 is 0. The Morgan fingerprint density at radius 1 is 1.35 bits per heavy atom. The summed E-state index contributed by atoms with van der Waals surface area (Å²) in [4.78, 5) is 10.8. The summed E-state index contributed by atoms with van der Waals surface area (Å²) in [5, 5.41) is 8.89. The Balaban J connectivity index is 0.00000144. The summed E-state index contributed by atoms with van der Waals surface area (Å²) in [5.74, 6) is -0.459. The number of carboxylic acid groups (broad SMARTS) is 1. The van der Waals surface area contributed by atoms with Gasteiger partial charge in [0.1, 0.15) is 0 Å². The molecule has 1 aromatic carbocycles. The Labute approximate surface area is 128 Å². The molecule has 0 bridgehead atoms. The van der Waals surface area contributed by atoms with Gasteiger partial charge in [-0.25, -0.2) is 0 Å². The van der Waals surface area contributed by atoms with Crippen molar-refractivity contribution < 1.29 is 42.6 Å². The molecule has 0 spiro atoms. The second-order valence-corrected chi connectivity index (χ2v) is 4.84. The summed E-state index contributed by atoms with van der Waals surface area (Å²) in [6, 6.07) is 2.19. The first-order valence-electron chi connectivity index (χ1n) is 5.82. The molecule has 0 amide bonds. The molecule has 0 heterocycles. The third-order valence-corrected chi connectivity index (χ3v) is 3.93. The van der Waals surface area contributed by atoms with Crippen molar-refractivity contribution in [3.8, 4) is 0 Å². The number of hydrogen-bond donors (Lipinski definition) is 1. The van der Waals surface area contributed by atoms with E-state index in [-0.39, 0.29) is 45.0 Å². The zero-order valence-electron chi connectivity index (χ0n) is 10.7. The zero-order valence-corrected chi connectivity index (χ0v) is 13.5. The van der Waals surface area contributed by atoms with Crippen molar-refractivity contribution in [2.24, 2.45) is 0 Å². The first kappa shape index (κ1) is 14.9. The van der Waals surface area contributed by atoms with Crippen LogP contribution in [0.3, 0.4) is 0 Å². The fourth-order valence-electron chi connectivity index (χ4n) is 2.76. The Morgan fingerprint density at radius 2 is 2.00 bits per heavy atom. The topological polar surface area (TPSA) is 37.3 Å². The van der Waals surface area contributed by atoms with Gasteiger partial charge in [-0.3, -0.25) is 4.79 Å². The second-order valence-electron chi connectivity index (χ2n) is 4.84. The molecule has 1 aliphatic carbocycles. The van der Waals surface area contributed by atoms with Crippen molar-refractivity contribution >= 4 is 5.97 Å². The van der Waals surface area contributed by atoms with Crippen LogP contribution >= 0.6 is 0 Å². The first-order valence-corrected chi connectivity index (χ1v) is 5.82. The molecular weight excluding hydrogens is 289 g/mol. The Hall–Kier alpha value is -0.206. The van der Waals surface area contributed by atoms with E-state index in [2.05, 4.69) is 26.8 Å². The molecule has 2 rings (SSSR count). The van der Waals surface area contributed by atoms with Gasteiger partial charge < -0.3 is 5.11 Å². The molecule has 1 atom stereocenters. The van der Waals surface area contributed by atoms with Gasteiger partial charge in [-0.15, -0.1) is 0 Å². The molecule has 1 radical (unpaired) electrons. The van der Waals surface area contributed by atoms with Crippen molar-refractivity contribution in [3.63, 3.8) is 0 Å². The SMILES string of the molecule is Cc1cc2c(c(C)c1C)CC[C@@H]2CC(=O)O.[Y]. The van der Waals surface area contributed by atoms with Gasteiger partial charge in [-0.1, -0.05) is 6.07 Å². The monoisotopic (exact) mass is 307 g/mol. The molecular formula is C14H18O2Y. The molecule has 1 aliphatic rings. The molecule has 0 fully saturated rings. The van der Waals surface area contributed by atoms with Crippen LogP contribution in [0.15, 0.2) is 6.07 Å². The van der Waals surface area contributed by atoms with Gasteiger partial charge in [0.05, 0.1) is 6.42 Å². The molecule has 0 saturated heterocycles. The summed E-state index contributed by atoms with van der Waals surface area (Å²) in [5.41, 5.74) is 6.68. The maximum absolute atomic E-state index is 10.8. The average molecular weight is 307 g/mol.